The Labute approximate surface area is 163 Å². The molecule has 27 heavy (non-hydrogen) atoms. The van der Waals surface area contributed by atoms with E-state index in [1.165, 1.54) is 5.57 Å². The van der Waals surface area contributed by atoms with Crippen LogP contribution in [0, 0.1) is 40.4 Å². The SMILES string of the molecule is CC(C)C1C2=CC[C@@H]3[C@H](CC[C@]4(C)C(=C(F)CO)CC[C@@H]34)[C@@]2(C)CC[C@@H]1O. The van der Waals surface area contributed by atoms with Crippen molar-refractivity contribution in [1.82, 2.24) is 0 Å². The molecule has 152 valence electrons. The predicted octanol–water partition coefficient (Wildman–Crippen LogP) is 5.41. The Kier molecular flexibility index (Phi) is 4.87. The largest absolute Gasteiger partial charge is 0.392 e. The number of aliphatic hydroxyl groups excluding tert-OH is 2. The van der Waals surface area contributed by atoms with Crippen molar-refractivity contribution in [3.8, 4) is 0 Å². The lowest BCUT2D eigenvalue weighted by Crippen LogP contribution is -2.52. The summed E-state index contributed by atoms with van der Waals surface area (Å²) in [6, 6.07) is 0. The maximum atomic E-state index is 14.4. The Morgan fingerprint density at radius 2 is 1.81 bits per heavy atom. The zero-order valence-electron chi connectivity index (χ0n) is 17.5. The van der Waals surface area contributed by atoms with E-state index in [0.717, 1.165) is 50.5 Å². The minimum Gasteiger partial charge on any atom is -0.392 e. The average Bonchev–Trinajstić information content (AvgIpc) is 2.98. The predicted molar refractivity (Wildman–Crippen MR) is 107 cm³/mol. The van der Waals surface area contributed by atoms with E-state index in [0.29, 0.717) is 29.6 Å². The summed E-state index contributed by atoms with van der Waals surface area (Å²) < 4.78 is 14.4. The molecular weight excluding hydrogens is 339 g/mol. The molecule has 3 heteroatoms. The van der Waals surface area contributed by atoms with Crippen LogP contribution in [0.15, 0.2) is 23.0 Å². The molecular formula is C24H37FO2. The van der Waals surface area contributed by atoms with Gasteiger partial charge in [-0.3, -0.25) is 0 Å². The number of allylic oxidation sites excluding steroid dienone is 2. The third kappa shape index (κ3) is 2.71. The highest BCUT2D eigenvalue weighted by Crippen LogP contribution is 2.67. The van der Waals surface area contributed by atoms with E-state index in [2.05, 4.69) is 33.8 Å². The van der Waals surface area contributed by atoms with Gasteiger partial charge in [-0.1, -0.05) is 39.3 Å². The second-order valence-electron chi connectivity index (χ2n) is 10.6. The lowest BCUT2D eigenvalue weighted by Gasteiger charge is -2.59. The van der Waals surface area contributed by atoms with Gasteiger partial charge >= 0.3 is 0 Å². The van der Waals surface area contributed by atoms with Gasteiger partial charge in [0, 0.05) is 5.92 Å². The molecule has 7 atom stereocenters. The second-order valence-corrected chi connectivity index (χ2v) is 10.6. The van der Waals surface area contributed by atoms with Gasteiger partial charge in [-0.25, -0.2) is 4.39 Å². The first-order valence-corrected chi connectivity index (χ1v) is 11.1. The normalized spacial score (nSPS) is 48.6. The van der Waals surface area contributed by atoms with Crippen molar-refractivity contribution in [3.63, 3.8) is 0 Å². The van der Waals surface area contributed by atoms with Crippen LogP contribution in [0.1, 0.15) is 72.6 Å². The van der Waals surface area contributed by atoms with Gasteiger partial charge in [0.15, 0.2) is 0 Å². The third-order valence-corrected chi connectivity index (χ3v) is 9.23. The Hall–Kier alpha value is -0.670. The van der Waals surface area contributed by atoms with Gasteiger partial charge < -0.3 is 10.2 Å². The minimum atomic E-state index is -0.443. The van der Waals surface area contributed by atoms with Crippen LogP contribution in [0.5, 0.6) is 0 Å². The molecule has 4 aliphatic rings. The molecule has 0 radical (unpaired) electrons. The fraction of sp³-hybridized carbons (Fsp3) is 0.833. The van der Waals surface area contributed by atoms with Crippen molar-refractivity contribution >= 4 is 0 Å². The molecule has 3 fully saturated rings. The second kappa shape index (κ2) is 6.69. The summed E-state index contributed by atoms with van der Waals surface area (Å²) in [7, 11) is 0. The van der Waals surface area contributed by atoms with Crippen molar-refractivity contribution in [2.45, 2.75) is 78.7 Å². The molecule has 0 saturated heterocycles. The average molecular weight is 377 g/mol. The lowest BCUT2D eigenvalue weighted by molar-refractivity contribution is -0.0478. The van der Waals surface area contributed by atoms with E-state index in [1.54, 1.807) is 0 Å². The molecule has 2 N–H and O–H groups in total. The van der Waals surface area contributed by atoms with Gasteiger partial charge in [-0.2, -0.15) is 0 Å². The number of hydrogen-bond acceptors (Lipinski definition) is 2. The number of aliphatic hydroxyl groups is 2. The van der Waals surface area contributed by atoms with Gasteiger partial charge in [0.1, 0.15) is 5.83 Å². The Morgan fingerprint density at radius 3 is 2.48 bits per heavy atom. The first-order chi connectivity index (χ1) is 12.7. The van der Waals surface area contributed by atoms with E-state index in [-0.39, 0.29) is 22.8 Å². The molecule has 0 aliphatic heterocycles. The highest BCUT2D eigenvalue weighted by molar-refractivity contribution is 5.32. The smallest absolute Gasteiger partial charge is 0.125 e. The molecule has 4 rings (SSSR count). The molecule has 0 aromatic heterocycles. The van der Waals surface area contributed by atoms with Gasteiger partial charge in [0.2, 0.25) is 0 Å². The van der Waals surface area contributed by atoms with Crippen molar-refractivity contribution in [2.24, 2.45) is 40.4 Å². The van der Waals surface area contributed by atoms with Crippen LogP contribution in [-0.2, 0) is 0 Å². The summed E-state index contributed by atoms with van der Waals surface area (Å²) in [5.41, 5.74) is 2.56. The Balaban J connectivity index is 1.70. The molecule has 3 saturated carbocycles. The van der Waals surface area contributed by atoms with Crippen LogP contribution in [-0.4, -0.2) is 22.9 Å². The zero-order chi connectivity index (χ0) is 19.6. The topological polar surface area (TPSA) is 40.5 Å². The molecule has 2 nitrogen and oxygen atoms in total. The summed E-state index contributed by atoms with van der Waals surface area (Å²) >= 11 is 0. The lowest BCUT2D eigenvalue weighted by atomic mass is 9.46. The van der Waals surface area contributed by atoms with Gasteiger partial charge in [-0.05, 0) is 85.0 Å². The van der Waals surface area contributed by atoms with Crippen LogP contribution in [0.4, 0.5) is 4.39 Å². The molecule has 0 amide bonds. The number of rotatable bonds is 2. The molecule has 0 aromatic rings. The first kappa shape index (κ1) is 19.6. The molecule has 4 aliphatic carbocycles. The number of hydrogen-bond donors (Lipinski definition) is 2. The van der Waals surface area contributed by atoms with Crippen LogP contribution < -0.4 is 0 Å². The fourth-order valence-electron chi connectivity index (χ4n) is 7.96. The van der Waals surface area contributed by atoms with E-state index in [1.807, 2.05) is 0 Å². The summed E-state index contributed by atoms with van der Waals surface area (Å²) in [5.74, 6) is 2.30. The summed E-state index contributed by atoms with van der Waals surface area (Å²) in [6.07, 6.45) is 9.42. The summed E-state index contributed by atoms with van der Waals surface area (Å²) in [5, 5.41) is 20.1. The minimum absolute atomic E-state index is 0.0681. The van der Waals surface area contributed by atoms with Gasteiger partial charge in [-0.15, -0.1) is 0 Å². The van der Waals surface area contributed by atoms with Crippen LogP contribution in [0.2, 0.25) is 0 Å². The monoisotopic (exact) mass is 376 g/mol. The van der Waals surface area contributed by atoms with E-state index in [4.69, 9.17) is 0 Å². The van der Waals surface area contributed by atoms with Gasteiger partial charge in [0.25, 0.3) is 0 Å². The van der Waals surface area contributed by atoms with E-state index < -0.39 is 6.61 Å². The van der Waals surface area contributed by atoms with Crippen LogP contribution in [0.25, 0.3) is 0 Å². The van der Waals surface area contributed by atoms with Gasteiger partial charge in [0.05, 0.1) is 12.7 Å². The van der Waals surface area contributed by atoms with Crippen LogP contribution in [0.3, 0.4) is 0 Å². The number of fused-ring (bicyclic) bond motifs is 5. The van der Waals surface area contributed by atoms with Crippen molar-refractivity contribution in [1.29, 1.82) is 0 Å². The summed E-state index contributed by atoms with van der Waals surface area (Å²) in [6.45, 7) is 8.77. The highest BCUT2D eigenvalue weighted by atomic mass is 19.1. The van der Waals surface area contributed by atoms with Crippen molar-refractivity contribution in [3.05, 3.63) is 23.0 Å². The Bertz CT molecular complexity index is 665. The molecule has 0 heterocycles. The standard InChI is InChI=1S/C24H37FO2/c1-14(2)22-19-6-5-15-16-7-8-18(20(25)13-26)23(16,3)11-9-17(15)24(19,4)12-10-21(22)27/h6,14-17,21-22,26-27H,5,7-13H2,1-4H3/t15-,16-,17-,21-,22?,23-,24+/m0/s1. The zero-order valence-corrected chi connectivity index (χ0v) is 17.5. The fourth-order valence-corrected chi connectivity index (χ4v) is 7.96. The third-order valence-electron chi connectivity index (χ3n) is 9.23. The maximum Gasteiger partial charge on any atom is 0.125 e. The first-order valence-electron chi connectivity index (χ1n) is 11.1. The highest BCUT2D eigenvalue weighted by Gasteiger charge is 2.59. The molecule has 0 aromatic carbocycles. The van der Waals surface area contributed by atoms with E-state index in [9.17, 15) is 14.6 Å². The quantitative estimate of drug-likeness (QED) is 0.633. The number of halogens is 1. The molecule has 0 spiro atoms. The summed E-state index contributed by atoms with van der Waals surface area (Å²) in [4.78, 5) is 0. The molecule has 0 bridgehead atoms. The van der Waals surface area contributed by atoms with Crippen LogP contribution >= 0.6 is 0 Å². The molecule has 1 unspecified atom stereocenters. The maximum absolute atomic E-state index is 14.4. The van der Waals surface area contributed by atoms with E-state index >= 15 is 0 Å². The van der Waals surface area contributed by atoms with Crippen molar-refractivity contribution < 1.29 is 14.6 Å². The van der Waals surface area contributed by atoms with Crippen molar-refractivity contribution in [2.75, 3.05) is 6.61 Å². The Morgan fingerprint density at radius 1 is 1.15 bits per heavy atom.